The van der Waals surface area contributed by atoms with Crippen LogP contribution in [0.1, 0.15) is 22.9 Å². The maximum absolute atomic E-state index is 5.52. The summed E-state index contributed by atoms with van der Waals surface area (Å²) in [5, 5.41) is 6.43. The molecule has 0 bridgehead atoms. The quantitative estimate of drug-likeness (QED) is 0.655. The molecule has 6 nitrogen and oxygen atoms in total. The zero-order chi connectivity index (χ0) is 14.5. The topological polar surface area (TPSA) is 67.4 Å². The Kier molecular flexibility index (Phi) is 4.45. The first-order valence-corrected chi connectivity index (χ1v) is 6.56. The molecule has 6 heteroatoms. The fourth-order valence-electron chi connectivity index (χ4n) is 1.85. The van der Waals surface area contributed by atoms with Crippen LogP contribution in [0.2, 0.25) is 0 Å². The molecule has 0 atom stereocenters. The molecule has 20 heavy (non-hydrogen) atoms. The van der Waals surface area contributed by atoms with Gasteiger partial charge >= 0.3 is 0 Å². The Hall–Kier alpha value is -2.24. The van der Waals surface area contributed by atoms with Crippen LogP contribution < -0.4 is 10.6 Å². The van der Waals surface area contributed by atoms with E-state index in [2.05, 4.69) is 32.9 Å². The van der Waals surface area contributed by atoms with Crippen LogP contribution in [-0.2, 0) is 20.1 Å². The smallest absolute Gasteiger partial charge is 0.214 e. The molecule has 0 fully saturated rings. The standard InChI is InChI=1S/C14H21N5O/c1-10-11(2)20-13(18-10)8-17-14(15-3)16-7-12-5-6-19(4)9-12/h5-6,9H,7-8H2,1-4H3,(H2,15,16,17). The van der Waals surface area contributed by atoms with Crippen molar-refractivity contribution in [1.29, 1.82) is 0 Å². The molecule has 0 unspecified atom stereocenters. The summed E-state index contributed by atoms with van der Waals surface area (Å²) in [6, 6.07) is 2.07. The summed E-state index contributed by atoms with van der Waals surface area (Å²) in [6.45, 7) is 5.09. The highest BCUT2D eigenvalue weighted by Crippen LogP contribution is 2.07. The van der Waals surface area contributed by atoms with Gasteiger partial charge in [-0.05, 0) is 25.5 Å². The van der Waals surface area contributed by atoms with E-state index in [9.17, 15) is 0 Å². The third kappa shape index (κ3) is 3.63. The van der Waals surface area contributed by atoms with Gasteiger partial charge in [0.2, 0.25) is 5.89 Å². The number of hydrogen-bond donors (Lipinski definition) is 2. The average Bonchev–Trinajstić information content (AvgIpc) is 2.97. The monoisotopic (exact) mass is 275 g/mol. The number of guanidine groups is 1. The van der Waals surface area contributed by atoms with Crippen molar-refractivity contribution in [1.82, 2.24) is 20.2 Å². The molecular formula is C14H21N5O. The third-order valence-corrected chi connectivity index (χ3v) is 3.06. The largest absolute Gasteiger partial charge is 0.444 e. The molecule has 0 aliphatic rings. The molecule has 0 amide bonds. The van der Waals surface area contributed by atoms with Crippen molar-refractivity contribution >= 4 is 5.96 Å². The SMILES string of the molecule is CN=C(NCc1ccn(C)c1)NCc1nc(C)c(C)o1. The van der Waals surface area contributed by atoms with Gasteiger partial charge in [-0.1, -0.05) is 0 Å². The molecule has 2 aromatic heterocycles. The lowest BCUT2D eigenvalue weighted by molar-refractivity contribution is 0.463. The predicted molar refractivity (Wildman–Crippen MR) is 78.4 cm³/mol. The summed E-state index contributed by atoms with van der Waals surface area (Å²) < 4.78 is 7.53. The van der Waals surface area contributed by atoms with Crippen molar-refractivity contribution in [3.63, 3.8) is 0 Å². The highest BCUT2D eigenvalue weighted by molar-refractivity contribution is 5.79. The van der Waals surface area contributed by atoms with E-state index in [-0.39, 0.29) is 0 Å². The van der Waals surface area contributed by atoms with Crippen LogP contribution in [0, 0.1) is 13.8 Å². The number of nitrogens with zero attached hydrogens (tertiary/aromatic N) is 3. The minimum atomic E-state index is 0.517. The van der Waals surface area contributed by atoms with Gasteiger partial charge in [0.1, 0.15) is 5.76 Å². The van der Waals surface area contributed by atoms with Gasteiger partial charge in [-0.2, -0.15) is 0 Å². The van der Waals surface area contributed by atoms with Crippen molar-refractivity contribution < 1.29 is 4.42 Å². The van der Waals surface area contributed by atoms with E-state index in [1.807, 2.05) is 31.7 Å². The molecule has 0 radical (unpaired) electrons. The fourth-order valence-corrected chi connectivity index (χ4v) is 1.85. The molecule has 2 N–H and O–H groups in total. The van der Waals surface area contributed by atoms with E-state index in [4.69, 9.17) is 4.42 Å². The summed E-state index contributed by atoms with van der Waals surface area (Å²) in [4.78, 5) is 8.50. The number of aryl methyl sites for hydroxylation is 3. The molecule has 0 aliphatic carbocycles. The molecule has 0 spiro atoms. The van der Waals surface area contributed by atoms with Crippen LogP contribution in [0.15, 0.2) is 27.9 Å². The molecule has 2 heterocycles. The maximum atomic E-state index is 5.52. The summed E-state index contributed by atoms with van der Waals surface area (Å²) in [5.41, 5.74) is 2.13. The van der Waals surface area contributed by atoms with Gasteiger partial charge in [0.05, 0.1) is 12.2 Å². The van der Waals surface area contributed by atoms with Crippen LogP contribution in [0.4, 0.5) is 0 Å². The number of hydrogen-bond acceptors (Lipinski definition) is 3. The second-order valence-electron chi connectivity index (χ2n) is 4.71. The summed E-state index contributed by atoms with van der Waals surface area (Å²) in [7, 11) is 3.75. The van der Waals surface area contributed by atoms with Crippen LogP contribution in [0.3, 0.4) is 0 Å². The molecule has 108 valence electrons. The lowest BCUT2D eigenvalue weighted by Gasteiger charge is -2.09. The first-order valence-electron chi connectivity index (χ1n) is 6.56. The highest BCUT2D eigenvalue weighted by atomic mass is 16.4. The Morgan fingerprint density at radius 1 is 1.35 bits per heavy atom. The maximum Gasteiger partial charge on any atom is 0.214 e. The molecule has 0 saturated heterocycles. The van der Waals surface area contributed by atoms with E-state index >= 15 is 0 Å². The first kappa shape index (κ1) is 14.2. The first-order chi connectivity index (χ1) is 9.58. The van der Waals surface area contributed by atoms with Gasteiger partial charge in [-0.3, -0.25) is 4.99 Å². The van der Waals surface area contributed by atoms with Crippen molar-refractivity contribution in [2.24, 2.45) is 12.0 Å². The van der Waals surface area contributed by atoms with Gasteiger partial charge in [0, 0.05) is 33.0 Å². The van der Waals surface area contributed by atoms with E-state index in [1.165, 1.54) is 5.56 Å². The second kappa shape index (κ2) is 6.27. The number of nitrogens with one attached hydrogen (secondary N) is 2. The van der Waals surface area contributed by atoms with Gasteiger partial charge in [0.25, 0.3) is 0 Å². The van der Waals surface area contributed by atoms with E-state index in [0.29, 0.717) is 12.4 Å². The van der Waals surface area contributed by atoms with Crippen LogP contribution in [0.25, 0.3) is 0 Å². The van der Waals surface area contributed by atoms with Crippen molar-refractivity contribution in [3.8, 4) is 0 Å². The predicted octanol–water partition coefficient (Wildman–Crippen LogP) is 1.50. The number of oxazole rings is 1. The minimum absolute atomic E-state index is 0.517. The van der Waals surface area contributed by atoms with Gasteiger partial charge in [-0.15, -0.1) is 0 Å². The Labute approximate surface area is 118 Å². The Balaban J connectivity index is 1.83. The Morgan fingerprint density at radius 2 is 2.10 bits per heavy atom. The minimum Gasteiger partial charge on any atom is -0.444 e. The van der Waals surface area contributed by atoms with Crippen LogP contribution in [-0.4, -0.2) is 22.6 Å². The van der Waals surface area contributed by atoms with E-state index in [0.717, 1.165) is 24.0 Å². The summed E-state index contributed by atoms with van der Waals surface area (Å²) in [5.74, 6) is 2.25. The number of rotatable bonds is 4. The lowest BCUT2D eigenvalue weighted by Crippen LogP contribution is -2.36. The molecule has 0 aliphatic heterocycles. The normalized spacial score (nSPS) is 11.7. The molecule has 2 rings (SSSR count). The molecule has 0 saturated carbocycles. The zero-order valence-corrected chi connectivity index (χ0v) is 12.4. The molecule has 0 aromatic carbocycles. The van der Waals surface area contributed by atoms with Crippen molar-refractivity contribution in [2.75, 3.05) is 7.05 Å². The van der Waals surface area contributed by atoms with E-state index in [1.54, 1.807) is 7.05 Å². The van der Waals surface area contributed by atoms with Gasteiger partial charge < -0.3 is 19.6 Å². The third-order valence-electron chi connectivity index (χ3n) is 3.06. The van der Waals surface area contributed by atoms with Crippen molar-refractivity contribution in [3.05, 3.63) is 41.4 Å². The Morgan fingerprint density at radius 3 is 2.65 bits per heavy atom. The zero-order valence-electron chi connectivity index (χ0n) is 12.4. The van der Waals surface area contributed by atoms with Crippen molar-refractivity contribution in [2.45, 2.75) is 26.9 Å². The number of aromatic nitrogens is 2. The molecule has 2 aromatic rings. The second-order valence-corrected chi connectivity index (χ2v) is 4.71. The van der Waals surface area contributed by atoms with Crippen LogP contribution >= 0.6 is 0 Å². The number of aliphatic imine (C=N–C) groups is 1. The summed E-state index contributed by atoms with van der Waals surface area (Å²) in [6.07, 6.45) is 4.09. The van der Waals surface area contributed by atoms with E-state index < -0.39 is 0 Å². The highest BCUT2D eigenvalue weighted by Gasteiger charge is 2.06. The fraction of sp³-hybridized carbons (Fsp3) is 0.429. The molecular weight excluding hydrogens is 254 g/mol. The van der Waals surface area contributed by atoms with Gasteiger partial charge in [0.15, 0.2) is 5.96 Å². The Bertz CT molecular complexity index is 577. The van der Waals surface area contributed by atoms with Crippen LogP contribution in [0.5, 0.6) is 0 Å². The lowest BCUT2D eigenvalue weighted by atomic mass is 10.3. The average molecular weight is 275 g/mol. The van der Waals surface area contributed by atoms with Gasteiger partial charge in [-0.25, -0.2) is 4.98 Å². The summed E-state index contributed by atoms with van der Waals surface area (Å²) >= 11 is 0.